The highest BCUT2D eigenvalue weighted by Crippen LogP contribution is 2.23. The summed E-state index contributed by atoms with van der Waals surface area (Å²) in [7, 11) is 3.76. The van der Waals surface area contributed by atoms with E-state index >= 15 is 0 Å². The molecule has 3 rings (SSSR count). The molecule has 0 saturated carbocycles. The van der Waals surface area contributed by atoms with E-state index in [1.807, 2.05) is 19.0 Å². The monoisotopic (exact) mass is 270 g/mol. The van der Waals surface area contributed by atoms with Crippen LogP contribution in [0.5, 0.6) is 0 Å². The van der Waals surface area contributed by atoms with Crippen LogP contribution in [0.3, 0.4) is 0 Å². The molecule has 3 N–H and O–H groups in total. The third-order valence-electron chi connectivity index (χ3n) is 3.43. The number of hydrogen-bond donors (Lipinski definition) is 2. The Hall–Kier alpha value is -2.37. The van der Waals surface area contributed by atoms with Crippen molar-refractivity contribution in [2.75, 3.05) is 30.0 Å². The molecule has 2 aromatic rings. The predicted octanol–water partition coefficient (Wildman–Crippen LogP) is 1.10. The van der Waals surface area contributed by atoms with Gasteiger partial charge in [-0.15, -0.1) is 0 Å². The number of nitrogens with one attached hydrogen (secondary N) is 1. The summed E-state index contributed by atoms with van der Waals surface area (Å²) in [5.41, 5.74) is 8.50. The first kappa shape index (κ1) is 12.7. The Morgan fingerprint density at radius 3 is 2.35 bits per heavy atom. The van der Waals surface area contributed by atoms with Crippen molar-refractivity contribution in [3.8, 4) is 0 Å². The van der Waals surface area contributed by atoms with Gasteiger partial charge < -0.3 is 16.0 Å². The van der Waals surface area contributed by atoms with E-state index in [1.165, 1.54) is 11.1 Å². The second-order valence-corrected chi connectivity index (χ2v) is 5.23. The maximum absolute atomic E-state index is 5.73. The molecule has 104 valence electrons. The van der Waals surface area contributed by atoms with Crippen LogP contribution in [-0.2, 0) is 12.8 Å². The summed E-state index contributed by atoms with van der Waals surface area (Å²) >= 11 is 0. The van der Waals surface area contributed by atoms with Crippen molar-refractivity contribution in [2.24, 2.45) is 0 Å². The van der Waals surface area contributed by atoms with Gasteiger partial charge in [0.1, 0.15) is 0 Å². The first-order valence-electron chi connectivity index (χ1n) is 6.64. The molecule has 0 saturated heterocycles. The smallest absolute Gasteiger partial charge is 0.231 e. The van der Waals surface area contributed by atoms with Gasteiger partial charge in [0.15, 0.2) is 0 Å². The molecule has 0 amide bonds. The summed E-state index contributed by atoms with van der Waals surface area (Å²) in [6.45, 7) is 0. The zero-order valence-electron chi connectivity index (χ0n) is 11.7. The lowest BCUT2D eigenvalue weighted by molar-refractivity contribution is 0.759. The standard InChI is InChI=1S/C14H18N6/c1-20(2)14-18-12(15)17-13(19-14)16-11-7-9-5-3-4-6-10(9)8-11/h3-6,11H,7-8H2,1-2H3,(H3,15,16,17,18,19). The van der Waals surface area contributed by atoms with Gasteiger partial charge in [0, 0.05) is 20.1 Å². The Labute approximate surface area is 118 Å². The number of nitrogen functional groups attached to an aromatic ring is 1. The van der Waals surface area contributed by atoms with Crippen LogP contribution >= 0.6 is 0 Å². The number of nitrogens with zero attached hydrogens (tertiary/aromatic N) is 4. The summed E-state index contributed by atoms with van der Waals surface area (Å²) in [5.74, 6) is 1.34. The molecule has 0 bridgehead atoms. The van der Waals surface area contributed by atoms with Crippen LogP contribution in [0.4, 0.5) is 17.8 Å². The minimum absolute atomic E-state index is 0.238. The topological polar surface area (TPSA) is 80.0 Å². The van der Waals surface area contributed by atoms with Gasteiger partial charge in [-0.2, -0.15) is 15.0 Å². The molecule has 0 spiro atoms. The fraction of sp³-hybridized carbons (Fsp3) is 0.357. The van der Waals surface area contributed by atoms with Gasteiger partial charge in [0.2, 0.25) is 17.8 Å². The van der Waals surface area contributed by atoms with Crippen LogP contribution in [0.1, 0.15) is 11.1 Å². The lowest BCUT2D eigenvalue weighted by Gasteiger charge is -2.15. The number of rotatable bonds is 3. The molecule has 6 nitrogen and oxygen atoms in total. The highest BCUT2D eigenvalue weighted by Gasteiger charge is 2.21. The van der Waals surface area contributed by atoms with Crippen molar-refractivity contribution in [1.82, 2.24) is 15.0 Å². The average molecular weight is 270 g/mol. The molecule has 0 fully saturated rings. The Morgan fingerprint density at radius 2 is 1.75 bits per heavy atom. The quantitative estimate of drug-likeness (QED) is 0.869. The number of aromatic nitrogens is 3. The van der Waals surface area contributed by atoms with Crippen molar-refractivity contribution < 1.29 is 0 Å². The second-order valence-electron chi connectivity index (χ2n) is 5.23. The SMILES string of the molecule is CN(C)c1nc(N)nc(NC2Cc3ccccc3C2)n1. The molecule has 1 aliphatic carbocycles. The molecular weight excluding hydrogens is 252 g/mol. The second kappa shape index (κ2) is 4.96. The van der Waals surface area contributed by atoms with Gasteiger partial charge in [0.05, 0.1) is 0 Å². The molecule has 0 aliphatic heterocycles. The van der Waals surface area contributed by atoms with Gasteiger partial charge in [-0.05, 0) is 24.0 Å². The van der Waals surface area contributed by atoms with E-state index in [-0.39, 0.29) is 5.95 Å². The highest BCUT2D eigenvalue weighted by molar-refractivity contribution is 5.43. The maximum atomic E-state index is 5.73. The van der Waals surface area contributed by atoms with Crippen molar-refractivity contribution >= 4 is 17.8 Å². The van der Waals surface area contributed by atoms with Gasteiger partial charge in [-0.1, -0.05) is 24.3 Å². The molecule has 0 unspecified atom stereocenters. The molecular formula is C14H18N6. The first-order valence-corrected chi connectivity index (χ1v) is 6.64. The number of fused-ring (bicyclic) bond motifs is 1. The Kier molecular flexibility index (Phi) is 3.14. The molecule has 1 aliphatic rings. The summed E-state index contributed by atoms with van der Waals surface area (Å²) in [6, 6.07) is 8.80. The lowest BCUT2D eigenvalue weighted by atomic mass is 10.1. The van der Waals surface area contributed by atoms with Crippen LogP contribution in [0.15, 0.2) is 24.3 Å². The van der Waals surface area contributed by atoms with E-state index in [2.05, 4.69) is 44.5 Å². The maximum Gasteiger partial charge on any atom is 0.231 e. The number of anilines is 3. The van der Waals surface area contributed by atoms with Gasteiger partial charge in [0.25, 0.3) is 0 Å². The summed E-state index contributed by atoms with van der Waals surface area (Å²) in [5, 5.41) is 3.36. The Balaban J connectivity index is 1.77. The van der Waals surface area contributed by atoms with Gasteiger partial charge >= 0.3 is 0 Å². The number of hydrogen-bond acceptors (Lipinski definition) is 6. The minimum Gasteiger partial charge on any atom is -0.368 e. The zero-order chi connectivity index (χ0) is 14.1. The average Bonchev–Trinajstić information content (AvgIpc) is 2.79. The van der Waals surface area contributed by atoms with E-state index in [1.54, 1.807) is 0 Å². The highest BCUT2D eigenvalue weighted by atomic mass is 15.3. The predicted molar refractivity (Wildman–Crippen MR) is 79.8 cm³/mol. The summed E-state index contributed by atoms with van der Waals surface area (Å²) in [6.07, 6.45) is 1.97. The van der Waals surface area contributed by atoms with E-state index < -0.39 is 0 Å². The molecule has 1 heterocycles. The van der Waals surface area contributed by atoms with E-state index in [0.29, 0.717) is 17.9 Å². The van der Waals surface area contributed by atoms with Crippen molar-refractivity contribution in [3.05, 3.63) is 35.4 Å². The van der Waals surface area contributed by atoms with Crippen LogP contribution in [-0.4, -0.2) is 35.1 Å². The summed E-state index contributed by atoms with van der Waals surface area (Å²) < 4.78 is 0. The number of nitrogens with two attached hydrogens (primary N) is 1. The third-order valence-corrected chi connectivity index (χ3v) is 3.43. The van der Waals surface area contributed by atoms with Crippen LogP contribution < -0.4 is 16.0 Å². The molecule has 1 aromatic carbocycles. The van der Waals surface area contributed by atoms with Crippen LogP contribution in [0.25, 0.3) is 0 Å². The first-order chi connectivity index (χ1) is 9.61. The zero-order valence-corrected chi connectivity index (χ0v) is 11.7. The van der Waals surface area contributed by atoms with E-state index in [0.717, 1.165) is 12.8 Å². The largest absolute Gasteiger partial charge is 0.368 e. The molecule has 0 radical (unpaired) electrons. The summed E-state index contributed by atoms with van der Waals surface area (Å²) in [4.78, 5) is 14.4. The van der Waals surface area contributed by atoms with Crippen molar-refractivity contribution in [1.29, 1.82) is 0 Å². The van der Waals surface area contributed by atoms with Crippen LogP contribution in [0, 0.1) is 0 Å². The fourth-order valence-electron chi connectivity index (χ4n) is 2.49. The molecule has 0 atom stereocenters. The fourth-order valence-corrected chi connectivity index (χ4v) is 2.49. The van der Waals surface area contributed by atoms with E-state index in [9.17, 15) is 0 Å². The normalized spacial score (nSPS) is 14.1. The molecule has 1 aromatic heterocycles. The molecule has 6 heteroatoms. The van der Waals surface area contributed by atoms with Gasteiger partial charge in [-0.25, -0.2) is 0 Å². The lowest BCUT2D eigenvalue weighted by Crippen LogP contribution is -2.23. The van der Waals surface area contributed by atoms with Gasteiger partial charge in [-0.3, -0.25) is 0 Å². The van der Waals surface area contributed by atoms with Crippen molar-refractivity contribution in [2.45, 2.75) is 18.9 Å². The van der Waals surface area contributed by atoms with E-state index in [4.69, 9.17) is 5.73 Å². The van der Waals surface area contributed by atoms with Crippen LogP contribution in [0.2, 0.25) is 0 Å². The third kappa shape index (κ3) is 2.49. The minimum atomic E-state index is 0.238. The van der Waals surface area contributed by atoms with Crippen molar-refractivity contribution in [3.63, 3.8) is 0 Å². The Morgan fingerprint density at radius 1 is 1.10 bits per heavy atom. The Bertz CT molecular complexity index is 600. The molecule has 20 heavy (non-hydrogen) atoms. The number of benzene rings is 1.